The monoisotopic (exact) mass is 282 g/mol. The molecule has 0 aromatic heterocycles. The van der Waals surface area contributed by atoms with Crippen LogP contribution >= 0.6 is 0 Å². The van der Waals surface area contributed by atoms with Gasteiger partial charge in [-0.05, 0) is 56.2 Å². The number of benzene rings is 2. The smallest absolute Gasteiger partial charge is 0.130 e. The first kappa shape index (κ1) is 14.2. The highest BCUT2D eigenvalue weighted by Crippen LogP contribution is 2.42. The average Bonchev–Trinajstić information content (AvgIpc) is 2.42. The van der Waals surface area contributed by atoms with Crippen LogP contribution in [0.15, 0.2) is 35.9 Å². The lowest BCUT2D eigenvalue weighted by atomic mass is 9.85. The minimum Gasteiger partial charge on any atom is -0.489 e. The number of hydrogen-bond donors (Lipinski definition) is 1. The van der Waals surface area contributed by atoms with Gasteiger partial charge in [0.25, 0.3) is 0 Å². The molecule has 21 heavy (non-hydrogen) atoms. The van der Waals surface area contributed by atoms with Gasteiger partial charge in [0.2, 0.25) is 0 Å². The van der Waals surface area contributed by atoms with Crippen LogP contribution in [0.3, 0.4) is 0 Å². The van der Waals surface area contributed by atoms with Crippen molar-refractivity contribution in [3.05, 3.63) is 52.6 Å². The Balaban J connectivity index is 2.29. The molecule has 2 heteroatoms. The van der Waals surface area contributed by atoms with Gasteiger partial charge < -0.3 is 9.84 Å². The molecule has 0 aliphatic carbocycles. The molecule has 0 fully saturated rings. The van der Waals surface area contributed by atoms with Gasteiger partial charge in [0, 0.05) is 5.39 Å². The van der Waals surface area contributed by atoms with E-state index >= 15 is 0 Å². The first-order valence-corrected chi connectivity index (χ1v) is 7.44. The van der Waals surface area contributed by atoms with Gasteiger partial charge in [-0.3, -0.25) is 0 Å². The van der Waals surface area contributed by atoms with Crippen molar-refractivity contribution in [3.63, 3.8) is 0 Å². The number of aliphatic hydroxyl groups is 1. The summed E-state index contributed by atoms with van der Waals surface area (Å²) in [6.07, 6.45) is 3.14. The Labute approximate surface area is 126 Å². The van der Waals surface area contributed by atoms with E-state index < -0.39 is 5.60 Å². The molecule has 110 valence electrons. The number of aryl methyl sites for hydroxylation is 1. The van der Waals surface area contributed by atoms with Crippen molar-refractivity contribution in [2.75, 3.05) is 6.61 Å². The summed E-state index contributed by atoms with van der Waals surface area (Å²) >= 11 is 0. The molecule has 2 aromatic rings. The van der Waals surface area contributed by atoms with Crippen LogP contribution in [0.4, 0.5) is 0 Å². The van der Waals surface area contributed by atoms with E-state index in [4.69, 9.17) is 4.74 Å². The minimum absolute atomic E-state index is 0.313. The number of rotatable bonds is 2. The SMILES string of the molecule is CC(C)=CCc1ccc2c3c(c(C)ccc13)OCC2(C)O. The maximum atomic E-state index is 10.6. The van der Waals surface area contributed by atoms with Crippen LogP contribution in [0.2, 0.25) is 0 Å². The Morgan fingerprint density at radius 1 is 1.29 bits per heavy atom. The van der Waals surface area contributed by atoms with E-state index in [1.165, 1.54) is 16.5 Å². The Kier molecular flexibility index (Phi) is 3.29. The largest absolute Gasteiger partial charge is 0.489 e. The molecule has 1 atom stereocenters. The van der Waals surface area contributed by atoms with Crippen LogP contribution in [0.5, 0.6) is 5.75 Å². The van der Waals surface area contributed by atoms with Crippen molar-refractivity contribution in [2.24, 2.45) is 0 Å². The molecule has 0 saturated heterocycles. The lowest BCUT2D eigenvalue weighted by Gasteiger charge is -2.32. The van der Waals surface area contributed by atoms with Gasteiger partial charge in [-0.15, -0.1) is 0 Å². The van der Waals surface area contributed by atoms with E-state index in [0.717, 1.165) is 28.7 Å². The molecule has 3 rings (SSSR count). The Hall–Kier alpha value is -1.80. The van der Waals surface area contributed by atoms with Gasteiger partial charge in [0.15, 0.2) is 0 Å². The van der Waals surface area contributed by atoms with Crippen LogP contribution in [0, 0.1) is 6.92 Å². The van der Waals surface area contributed by atoms with Crippen LogP contribution in [-0.2, 0) is 12.0 Å². The highest BCUT2D eigenvalue weighted by atomic mass is 16.5. The highest BCUT2D eigenvalue weighted by molar-refractivity contribution is 5.96. The molecule has 1 heterocycles. The third-order valence-electron chi connectivity index (χ3n) is 4.23. The first-order valence-electron chi connectivity index (χ1n) is 7.44. The van der Waals surface area contributed by atoms with Crippen molar-refractivity contribution >= 4 is 10.8 Å². The summed E-state index contributed by atoms with van der Waals surface area (Å²) in [7, 11) is 0. The van der Waals surface area contributed by atoms with Gasteiger partial charge in [-0.2, -0.15) is 0 Å². The number of allylic oxidation sites excluding steroid dienone is 2. The predicted octanol–water partition coefficient (Wildman–Crippen LogP) is 4.26. The van der Waals surface area contributed by atoms with E-state index in [-0.39, 0.29) is 0 Å². The highest BCUT2D eigenvalue weighted by Gasteiger charge is 2.32. The van der Waals surface area contributed by atoms with E-state index in [1.807, 2.05) is 6.92 Å². The van der Waals surface area contributed by atoms with Crippen molar-refractivity contribution in [2.45, 2.75) is 39.7 Å². The van der Waals surface area contributed by atoms with Crippen molar-refractivity contribution in [1.29, 1.82) is 0 Å². The number of hydrogen-bond acceptors (Lipinski definition) is 2. The topological polar surface area (TPSA) is 29.5 Å². The molecule has 1 aliphatic heterocycles. The van der Waals surface area contributed by atoms with E-state index in [0.29, 0.717) is 6.61 Å². The Morgan fingerprint density at radius 2 is 2.05 bits per heavy atom. The summed E-state index contributed by atoms with van der Waals surface area (Å²) in [5.41, 5.74) is 3.77. The molecule has 0 bridgehead atoms. The quantitative estimate of drug-likeness (QED) is 0.834. The summed E-state index contributed by atoms with van der Waals surface area (Å²) < 4.78 is 5.86. The van der Waals surface area contributed by atoms with Gasteiger partial charge >= 0.3 is 0 Å². The second-order valence-electron chi connectivity index (χ2n) is 6.45. The second-order valence-corrected chi connectivity index (χ2v) is 6.45. The van der Waals surface area contributed by atoms with Crippen molar-refractivity contribution < 1.29 is 9.84 Å². The zero-order valence-electron chi connectivity index (χ0n) is 13.2. The summed E-state index contributed by atoms with van der Waals surface area (Å²) in [4.78, 5) is 0. The van der Waals surface area contributed by atoms with Crippen LogP contribution < -0.4 is 4.74 Å². The van der Waals surface area contributed by atoms with Crippen molar-refractivity contribution in [3.8, 4) is 5.75 Å². The minimum atomic E-state index is -0.923. The molecule has 2 nitrogen and oxygen atoms in total. The van der Waals surface area contributed by atoms with E-state index in [2.05, 4.69) is 51.1 Å². The second kappa shape index (κ2) is 4.88. The zero-order chi connectivity index (χ0) is 15.2. The number of ether oxygens (including phenoxy) is 1. The fourth-order valence-corrected chi connectivity index (χ4v) is 3.00. The zero-order valence-corrected chi connectivity index (χ0v) is 13.2. The van der Waals surface area contributed by atoms with E-state index in [9.17, 15) is 5.11 Å². The summed E-state index contributed by atoms with van der Waals surface area (Å²) in [6.45, 7) is 8.42. The molecule has 0 saturated carbocycles. The van der Waals surface area contributed by atoms with Crippen molar-refractivity contribution in [1.82, 2.24) is 0 Å². The third kappa shape index (κ3) is 2.34. The molecule has 1 unspecified atom stereocenters. The molecular weight excluding hydrogens is 260 g/mol. The predicted molar refractivity (Wildman–Crippen MR) is 86.9 cm³/mol. The normalized spacial score (nSPS) is 20.2. The Morgan fingerprint density at radius 3 is 2.76 bits per heavy atom. The van der Waals surface area contributed by atoms with Gasteiger partial charge in [0.05, 0.1) is 0 Å². The lowest BCUT2D eigenvalue weighted by molar-refractivity contribution is 0.00353. The van der Waals surface area contributed by atoms with Gasteiger partial charge in [-0.1, -0.05) is 35.9 Å². The molecule has 2 aromatic carbocycles. The van der Waals surface area contributed by atoms with Crippen LogP contribution in [0.25, 0.3) is 10.8 Å². The van der Waals surface area contributed by atoms with Gasteiger partial charge in [0.1, 0.15) is 18.0 Å². The fourth-order valence-electron chi connectivity index (χ4n) is 3.00. The molecule has 1 N–H and O–H groups in total. The maximum Gasteiger partial charge on any atom is 0.130 e. The Bertz CT molecular complexity index is 735. The summed E-state index contributed by atoms with van der Waals surface area (Å²) in [6, 6.07) is 8.45. The third-order valence-corrected chi connectivity index (χ3v) is 4.23. The molecule has 0 spiro atoms. The standard InChI is InChI=1S/C19H22O2/c1-12(2)5-7-14-8-10-16-17-15(14)9-6-13(3)18(17)21-11-19(16,4)20/h5-6,8-10,20H,7,11H2,1-4H3. The average molecular weight is 282 g/mol. The molecule has 0 amide bonds. The summed E-state index contributed by atoms with van der Waals surface area (Å²) in [5.74, 6) is 0.924. The van der Waals surface area contributed by atoms with Gasteiger partial charge in [-0.25, -0.2) is 0 Å². The molecule has 1 aliphatic rings. The van der Waals surface area contributed by atoms with Crippen LogP contribution in [0.1, 0.15) is 37.5 Å². The first-order chi connectivity index (χ1) is 9.90. The fraction of sp³-hybridized carbons (Fsp3) is 0.368. The molecular formula is C19H22O2. The molecule has 0 radical (unpaired) electrons. The van der Waals surface area contributed by atoms with Crippen LogP contribution in [-0.4, -0.2) is 11.7 Å². The lowest BCUT2D eigenvalue weighted by Crippen LogP contribution is -2.33. The van der Waals surface area contributed by atoms with E-state index in [1.54, 1.807) is 0 Å². The summed E-state index contributed by atoms with van der Waals surface area (Å²) in [5, 5.41) is 12.9. The maximum absolute atomic E-state index is 10.6.